The fourth-order valence-electron chi connectivity index (χ4n) is 2.78. The van der Waals surface area contributed by atoms with Crippen molar-refractivity contribution in [2.24, 2.45) is 0 Å². The summed E-state index contributed by atoms with van der Waals surface area (Å²) in [5, 5.41) is 4.88. The third-order valence-corrected chi connectivity index (χ3v) is 4.93. The molecule has 0 spiro atoms. The first-order valence-corrected chi connectivity index (χ1v) is 8.09. The lowest BCUT2D eigenvalue weighted by Crippen LogP contribution is -2.14. The third kappa shape index (κ3) is 1.88. The minimum atomic E-state index is 0.0540. The van der Waals surface area contributed by atoms with E-state index in [-0.39, 0.29) is 5.43 Å². The molecule has 4 rings (SSSR count). The Morgan fingerprint density at radius 3 is 2.59 bits per heavy atom. The minimum Gasteiger partial charge on any atom is -0.381 e. The van der Waals surface area contributed by atoms with E-state index < -0.39 is 0 Å². The van der Waals surface area contributed by atoms with Gasteiger partial charge in [-0.05, 0) is 19.1 Å². The zero-order valence-electron chi connectivity index (χ0n) is 12.1. The standard InChI is InChI=1S/C18H14N2OS/c1-2-19-16-17(21)12-8-4-3-7-11(12)15-18(16)22-14-10-6-5-9-13(14)20-15/h3-10,19H,2H2,1H3. The number of aromatic nitrogens is 1. The van der Waals surface area contributed by atoms with Gasteiger partial charge in [0.15, 0.2) is 0 Å². The molecule has 1 N–H and O–H groups in total. The van der Waals surface area contributed by atoms with Gasteiger partial charge >= 0.3 is 0 Å². The number of para-hydroxylation sites is 1. The van der Waals surface area contributed by atoms with Gasteiger partial charge in [-0.3, -0.25) is 4.79 Å². The second-order valence-corrected chi connectivity index (χ2v) is 6.19. The van der Waals surface area contributed by atoms with Crippen molar-refractivity contribution >= 4 is 38.0 Å². The number of nitrogens with one attached hydrogen (secondary N) is 1. The number of hydrogen-bond donors (Lipinski definition) is 1. The van der Waals surface area contributed by atoms with Crippen molar-refractivity contribution in [3.63, 3.8) is 0 Å². The van der Waals surface area contributed by atoms with Gasteiger partial charge in [0.2, 0.25) is 5.43 Å². The molecule has 22 heavy (non-hydrogen) atoms. The predicted molar refractivity (Wildman–Crippen MR) is 94.2 cm³/mol. The Kier molecular flexibility index (Phi) is 3.05. The van der Waals surface area contributed by atoms with Crippen molar-refractivity contribution in [2.45, 2.75) is 6.92 Å². The quantitative estimate of drug-likeness (QED) is 0.442. The lowest BCUT2D eigenvalue weighted by Gasteiger charge is -2.14. The highest BCUT2D eigenvalue weighted by Crippen LogP contribution is 2.38. The molecule has 1 heterocycles. The molecule has 0 unspecified atom stereocenters. The number of rotatable bonds is 2. The van der Waals surface area contributed by atoms with Crippen LogP contribution in [0.1, 0.15) is 6.92 Å². The van der Waals surface area contributed by atoms with Crippen molar-refractivity contribution < 1.29 is 0 Å². The maximum atomic E-state index is 12.8. The molecular weight excluding hydrogens is 292 g/mol. The summed E-state index contributed by atoms with van der Waals surface area (Å²) >= 11 is 1.62. The highest BCUT2D eigenvalue weighted by atomic mass is 32.1. The number of anilines is 1. The average molecular weight is 306 g/mol. The van der Waals surface area contributed by atoms with E-state index in [1.54, 1.807) is 11.3 Å². The fraction of sp³-hybridized carbons (Fsp3) is 0.111. The van der Waals surface area contributed by atoms with Gasteiger partial charge < -0.3 is 5.32 Å². The molecule has 2 aromatic carbocycles. The normalized spacial score (nSPS) is 11.3. The smallest absolute Gasteiger partial charge is 0.211 e. The number of nitrogens with zero attached hydrogens (tertiary/aromatic N) is 1. The summed E-state index contributed by atoms with van der Waals surface area (Å²) in [5.74, 6) is 0. The molecule has 1 aliphatic heterocycles. The van der Waals surface area contributed by atoms with E-state index in [2.05, 4.69) is 5.32 Å². The zero-order valence-corrected chi connectivity index (χ0v) is 12.9. The van der Waals surface area contributed by atoms with Crippen LogP contribution in [0, 0.1) is 0 Å². The van der Waals surface area contributed by atoms with E-state index in [0.29, 0.717) is 12.2 Å². The van der Waals surface area contributed by atoms with E-state index in [1.807, 2.05) is 55.5 Å². The molecule has 2 aromatic rings. The fourth-order valence-corrected chi connectivity index (χ4v) is 3.88. The van der Waals surface area contributed by atoms with Gasteiger partial charge in [-0.15, -0.1) is 11.3 Å². The predicted octanol–water partition coefficient (Wildman–Crippen LogP) is 4.35. The lowest BCUT2D eigenvalue weighted by molar-refractivity contribution is 1.21. The van der Waals surface area contributed by atoms with Crippen molar-refractivity contribution in [2.75, 3.05) is 11.9 Å². The summed E-state index contributed by atoms with van der Waals surface area (Å²) in [6, 6.07) is 15.7. The van der Waals surface area contributed by atoms with Crippen LogP contribution >= 0.6 is 11.3 Å². The molecule has 1 aliphatic carbocycles. The maximum Gasteiger partial charge on any atom is 0.211 e. The molecule has 4 heteroatoms. The van der Waals surface area contributed by atoms with Crippen molar-refractivity contribution in [3.8, 4) is 10.6 Å². The van der Waals surface area contributed by atoms with Gasteiger partial charge in [-0.1, -0.05) is 36.4 Å². The Morgan fingerprint density at radius 2 is 1.77 bits per heavy atom. The molecule has 0 fully saturated rings. The molecule has 3 nitrogen and oxygen atoms in total. The summed E-state index contributed by atoms with van der Waals surface area (Å²) in [4.78, 5) is 18.5. The molecule has 0 amide bonds. The van der Waals surface area contributed by atoms with Crippen LogP contribution in [-0.4, -0.2) is 11.5 Å². The van der Waals surface area contributed by atoms with Crippen LogP contribution in [0.5, 0.6) is 0 Å². The van der Waals surface area contributed by atoms with Crippen LogP contribution in [-0.2, 0) is 0 Å². The molecule has 0 atom stereocenters. The van der Waals surface area contributed by atoms with E-state index in [0.717, 1.165) is 31.6 Å². The van der Waals surface area contributed by atoms with Crippen molar-refractivity contribution in [3.05, 3.63) is 58.8 Å². The molecular formula is C18H14N2OS. The topological polar surface area (TPSA) is 42.0 Å². The van der Waals surface area contributed by atoms with Crippen LogP contribution in [0.25, 0.3) is 31.6 Å². The second kappa shape index (κ2) is 5.07. The average Bonchev–Trinajstić information content (AvgIpc) is 2.57. The zero-order chi connectivity index (χ0) is 15.1. The molecule has 108 valence electrons. The molecule has 2 aliphatic rings. The van der Waals surface area contributed by atoms with E-state index in [1.165, 1.54) is 0 Å². The minimum absolute atomic E-state index is 0.0540. The first-order valence-electron chi connectivity index (χ1n) is 7.27. The van der Waals surface area contributed by atoms with Gasteiger partial charge in [0.05, 0.1) is 20.8 Å². The Balaban J connectivity index is 2.26. The summed E-state index contributed by atoms with van der Waals surface area (Å²) < 4.78 is 1.09. The van der Waals surface area contributed by atoms with Gasteiger partial charge in [0.1, 0.15) is 5.69 Å². The largest absolute Gasteiger partial charge is 0.381 e. The van der Waals surface area contributed by atoms with Crippen LogP contribution < -0.4 is 10.7 Å². The SMILES string of the molecule is CCNc1c2sc3ccccc3nc-2c2ccccc2c1=O. The van der Waals surface area contributed by atoms with Crippen LogP contribution in [0.3, 0.4) is 0 Å². The van der Waals surface area contributed by atoms with Crippen LogP contribution in [0.4, 0.5) is 5.69 Å². The van der Waals surface area contributed by atoms with Crippen LogP contribution in [0.15, 0.2) is 53.3 Å². The number of benzene rings is 3. The van der Waals surface area contributed by atoms with E-state index >= 15 is 0 Å². The summed E-state index contributed by atoms with van der Waals surface area (Å²) in [5.41, 5.74) is 2.58. The number of fused-ring (bicyclic) bond motifs is 4. The van der Waals surface area contributed by atoms with Gasteiger partial charge in [0.25, 0.3) is 0 Å². The molecule has 0 aromatic heterocycles. The highest BCUT2D eigenvalue weighted by Gasteiger charge is 2.19. The monoisotopic (exact) mass is 306 g/mol. The van der Waals surface area contributed by atoms with Crippen LogP contribution in [0.2, 0.25) is 0 Å². The summed E-state index contributed by atoms with van der Waals surface area (Å²) in [7, 11) is 0. The van der Waals surface area contributed by atoms with Gasteiger partial charge in [0, 0.05) is 17.3 Å². The third-order valence-electron chi connectivity index (χ3n) is 3.76. The number of hydrogen-bond acceptors (Lipinski definition) is 4. The Labute approximate surface area is 131 Å². The van der Waals surface area contributed by atoms with E-state index in [9.17, 15) is 4.79 Å². The molecule has 0 saturated heterocycles. The molecule has 0 saturated carbocycles. The first-order chi connectivity index (χ1) is 10.8. The summed E-state index contributed by atoms with van der Waals surface area (Å²) in [6.45, 7) is 2.71. The maximum absolute atomic E-state index is 12.8. The van der Waals surface area contributed by atoms with Gasteiger partial charge in [-0.25, -0.2) is 4.98 Å². The van der Waals surface area contributed by atoms with Crippen molar-refractivity contribution in [1.82, 2.24) is 4.98 Å². The second-order valence-electron chi connectivity index (χ2n) is 5.14. The van der Waals surface area contributed by atoms with E-state index in [4.69, 9.17) is 4.98 Å². The Morgan fingerprint density at radius 1 is 1.05 bits per heavy atom. The lowest BCUT2D eigenvalue weighted by atomic mass is 10.0. The molecule has 0 radical (unpaired) electrons. The summed E-state index contributed by atoms with van der Waals surface area (Å²) in [6.07, 6.45) is 0. The Bertz CT molecular complexity index is 1020. The Hall–Kier alpha value is -2.46. The van der Waals surface area contributed by atoms with Gasteiger partial charge in [-0.2, -0.15) is 0 Å². The molecule has 0 bridgehead atoms. The first kappa shape index (κ1) is 13.2. The highest BCUT2D eigenvalue weighted by molar-refractivity contribution is 7.22. The van der Waals surface area contributed by atoms with Crippen molar-refractivity contribution in [1.29, 1.82) is 0 Å².